The summed E-state index contributed by atoms with van der Waals surface area (Å²) < 4.78 is 0. The second-order valence-electron chi connectivity index (χ2n) is 6.91. The minimum Gasteiger partial charge on any atom is -0.434 e. The number of fused-ring (bicyclic) bond motifs is 2. The molecule has 0 unspecified atom stereocenters. The van der Waals surface area contributed by atoms with Crippen LogP contribution >= 0.6 is 0 Å². The largest absolute Gasteiger partial charge is 0.434 e. The monoisotopic (exact) mass is 591 g/mol. The molecule has 0 amide bonds. The van der Waals surface area contributed by atoms with Crippen molar-refractivity contribution in [2.24, 2.45) is 0 Å². The topological polar surface area (TPSA) is 52.8 Å². The van der Waals surface area contributed by atoms with Crippen LogP contribution < -0.4 is 4.98 Å². The number of hydrogen-bond acceptors (Lipinski definition) is 3. The van der Waals surface area contributed by atoms with Crippen LogP contribution in [0.4, 0.5) is 0 Å². The molecule has 3 heterocycles. The van der Waals surface area contributed by atoms with Crippen LogP contribution in [0.15, 0.2) is 109 Å². The Morgan fingerprint density at radius 3 is 2.31 bits per heavy atom. The number of para-hydroxylation sites is 2. The maximum Gasteiger partial charge on any atom is 0.0698 e. The Bertz CT molecular complexity index is 1350. The first-order chi connectivity index (χ1) is 15.4. The van der Waals surface area contributed by atoms with Gasteiger partial charge < -0.3 is 15.0 Å². The molecule has 0 N–H and O–H groups in total. The van der Waals surface area contributed by atoms with E-state index < -0.39 is 0 Å². The first-order valence-electron chi connectivity index (χ1n) is 10.0. The van der Waals surface area contributed by atoms with Crippen molar-refractivity contribution in [2.75, 3.05) is 0 Å². The minimum atomic E-state index is 0. The van der Waals surface area contributed by atoms with Crippen LogP contribution in [0.25, 0.3) is 44.6 Å². The molecule has 5 heteroatoms. The van der Waals surface area contributed by atoms with E-state index in [4.69, 9.17) is 0 Å². The van der Waals surface area contributed by atoms with Gasteiger partial charge in [0, 0.05) is 37.9 Å². The van der Waals surface area contributed by atoms with Gasteiger partial charge in [-0.2, -0.15) is 0 Å². The molecule has 6 rings (SSSR count). The number of aromatic nitrogens is 4. The molecule has 157 valence electrons. The molecule has 0 bridgehead atoms. The van der Waals surface area contributed by atoms with Crippen molar-refractivity contribution >= 4 is 21.8 Å². The quantitative estimate of drug-likeness (QED) is 0.234. The number of pyridine rings is 2. The van der Waals surface area contributed by atoms with Crippen molar-refractivity contribution in [3.05, 3.63) is 116 Å². The molecule has 0 saturated heterocycles. The summed E-state index contributed by atoms with van der Waals surface area (Å²) in [5.41, 5.74) is 4.67. The molecular weight excluding hydrogens is 573 g/mol. The fourth-order valence-electron chi connectivity index (χ4n) is 3.38. The molecule has 3 aromatic carbocycles. The third kappa shape index (κ3) is 4.65. The zero-order valence-corrected chi connectivity index (χ0v) is 19.4. The standard InChI is InChI=1S/C16H10N3.C11H8N.Ir/c1-2-6-12-11(5-1)9-10-17-15(12)16-18-13-7-3-4-8-14(13)19-16;1-2-6-10(7-3-1)11-8-4-5-9-12-11;/h1-10H;1-6,8-9H;/q2*-1;. The van der Waals surface area contributed by atoms with E-state index in [0.717, 1.165) is 38.8 Å². The second kappa shape index (κ2) is 10.1. The van der Waals surface area contributed by atoms with Gasteiger partial charge in [0.25, 0.3) is 0 Å². The van der Waals surface area contributed by atoms with Crippen molar-refractivity contribution in [2.45, 2.75) is 0 Å². The Balaban J connectivity index is 0.000000164. The zero-order valence-electron chi connectivity index (χ0n) is 17.0. The van der Waals surface area contributed by atoms with Gasteiger partial charge in [0.1, 0.15) is 0 Å². The molecule has 3 aromatic heterocycles. The molecule has 0 spiro atoms. The summed E-state index contributed by atoms with van der Waals surface area (Å²) in [6, 6.07) is 34.9. The van der Waals surface area contributed by atoms with Gasteiger partial charge in [-0.25, -0.2) is 0 Å². The van der Waals surface area contributed by atoms with Gasteiger partial charge in [-0.3, -0.25) is 4.98 Å². The Kier molecular flexibility index (Phi) is 6.81. The van der Waals surface area contributed by atoms with Gasteiger partial charge in [0.05, 0.1) is 5.69 Å². The Labute approximate surface area is 199 Å². The van der Waals surface area contributed by atoms with Crippen molar-refractivity contribution in [1.82, 2.24) is 19.9 Å². The molecule has 0 aliphatic heterocycles. The van der Waals surface area contributed by atoms with Gasteiger partial charge in [0.2, 0.25) is 0 Å². The van der Waals surface area contributed by atoms with Crippen LogP contribution in [-0.4, -0.2) is 15.0 Å². The number of benzene rings is 3. The SMILES string of the molecule is [Ir].[c-]1ccccc1-c1ccccn1.c1ccc2c(-c3nc4ccccc4[n-]3)nccc2c1. The van der Waals surface area contributed by atoms with Gasteiger partial charge in [-0.1, -0.05) is 60.7 Å². The van der Waals surface area contributed by atoms with E-state index in [1.54, 1.807) is 12.4 Å². The van der Waals surface area contributed by atoms with E-state index in [1.165, 1.54) is 0 Å². The molecular formula is C27H18IrN4-2. The van der Waals surface area contributed by atoms with E-state index in [-0.39, 0.29) is 20.1 Å². The van der Waals surface area contributed by atoms with Crippen LogP contribution in [0, 0.1) is 6.07 Å². The van der Waals surface area contributed by atoms with E-state index in [0.29, 0.717) is 5.82 Å². The van der Waals surface area contributed by atoms with E-state index >= 15 is 0 Å². The predicted octanol–water partition coefficient (Wildman–Crippen LogP) is 5.95. The van der Waals surface area contributed by atoms with E-state index in [9.17, 15) is 0 Å². The Morgan fingerprint density at radius 2 is 1.50 bits per heavy atom. The fraction of sp³-hybridized carbons (Fsp3) is 0. The molecule has 32 heavy (non-hydrogen) atoms. The Morgan fingerprint density at radius 1 is 0.688 bits per heavy atom. The first kappa shape index (κ1) is 21.6. The van der Waals surface area contributed by atoms with Crippen molar-refractivity contribution in [1.29, 1.82) is 0 Å². The second-order valence-corrected chi connectivity index (χ2v) is 6.91. The third-order valence-corrected chi connectivity index (χ3v) is 4.87. The van der Waals surface area contributed by atoms with Crippen LogP contribution in [0.2, 0.25) is 0 Å². The maximum absolute atomic E-state index is 4.56. The molecule has 0 aliphatic rings. The van der Waals surface area contributed by atoms with Crippen LogP contribution in [-0.2, 0) is 20.1 Å². The average molecular weight is 591 g/mol. The zero-order chi connectivity index (χ0) is 20.9. The number of hydrogen-bond donors (Lipinski definition) is 0. The maximum atomic E-state index is 4.56. The Hall–Kier alpha value is -3.66. The summed E-state index contributed by atoms with van der Waals surface area (Å²) >= 11 is 0. The van der Waals surface area contributed by atoms with Gasteiger partial charge >= 0.3 is 0 Å². The van der Waals surface area contributed by atoms with Crippen LogP contribution in [0.3, 0.4) is 0 Å². The summed E-state index contributed by atoms with van der Waals surface area (Å²) in [6.45, 7) is 0. The van der Waals surface area contributed by atoms with E-state index in [2.05, 4.69) is 38.1 Å². The summed E-state index contributed by atoms with van der Waals surface area (Å²) in [4.78, 5) is 17.8. The number of rotatable bonds is 2. The first-order valence-corrected chi connectivity index (χ1v) is 10.0. The van der Waals surface area contributed by atoms with Gasteiger partial charge in [-0.05, 0) is 40.1 Å². The summed E-state index contributed by atoms with van der Waals surface area (Å²) in [6.07, 6.45) is 3.59. The summed E-state index contributed by atoms with van der Waals surface area (Å²) in [7, 11) is 0. The van der Waals surface area contributed by atoms with Crippen molar-refractivity contribution in [3.8, 4) is 22.8 Å². The average Bonchev–Trinajstić information content (AvgIpc) is 3.29. The fourth-order valence-corrected chi connectivity index (χ4v) is 3.38. The summed E-state index contributed by atoms with van der Waals surface area (Å²) in [5.74, 6) is 0.693. The molecule has 6 aromatic rings. The third-order valence-electron chi connectivity index (χ3n) is 4.87. The molecule has 4 nitrogen and oxygen atoms in total. The van der Waals surface area contributed by atoms with Crippen LogP contribution in [0.5, 0.6) is 0 Å². The molecule has 0 atom stereocenters. The summed E-state index contributed by atoms with van der Waals surface area (Å²) in [5, 5.41) is 2.24. The van der Waals surface area contributed by atoms with E-state index in [1.807, 2.05) is 84.9 Å². The van der Waals surface area contributed by atoms with Gasteiger partial charge in [-0.15, -0.1) is 35.9 Å². The smallest absolute Gasteiger partial charge is 0.0698 e. The van der Waals surface area contributed by atoms with Gasteiger partial charge in [0.15, 0.2) is 0 Å². The van der Waals surface area contributed by atoms with Crippen molar-refractivity contribution in [3.63, 3.8) is 0 Å². The molecule has 0 saturated carbocycles. The van der Waals surface area contributed by atoms with Crippen LogP contribution in [0.1, 0.15) is 0 Å². The molecule has 0 fully saturated rings. The number of imidazole rings is 1. The van der Waals surface area contributed by atoms with Crippen molar-refractivity contribution < 1.29 is 20.1 Å². The normalized spacial score (nSPS) is 10.2. The molecule has 0 aliphatic carbocycles. The predicted molar refractivity (Wildman–Crippen MR) is 124 cm³/mol. The number of nitrogens with zero attached hydrogens (tertiary/aromatic N) is 4. The molecule has 1 radical (unpaired) electrons. The minimum absolute atomic E-state index is 0.